The highest BCUT2D eigenvalue weighted by Gasteiger charge is 2.27. The maximum Gasteiger partial charge on any atom is 0.244 e. The minimum Gasteiger partial charge on any atom is -0.393 e. The molecule has 0 spiro atoms. The third-order valence-electron chi connectivity index (χ3n) is 2.61. The van der Waals surface area contributed by atoms with E-state index in [1.807, 2.05) is 0 Å². The van der Waals surface area contributed by atoms with Crippen LogP contribution in [-0.4, -0.2) is 30.8 Å². The molecule has 4 nitrogen and oxygen atoms in total. The van der Waals surface area contributed by atoms with Crippen LogP contribution in [0.4, 0.5) is 0 Å². The van der Waals surface area contributed by atoms with Crippen LogP contribution in [0.15, 0.2) is 29.2 Å². The summed E-state index contributed by atoms with van der Waals surface area (Å²) in [4.78, 5) is 0.368. The molecule has 0 radical (unpaired) electrons. The molecule has 0 saturated carbocycles. The van der Waals surface area contributed by atoms with Crippen LogP contribution >= 0.6 is 23.8 Å². The smallest absolute Gasteiger partial charge is 0.244 e. The quantitative estimate of drug-likeness (QED) is 0.845. The molecule has 0 aliphatic carbocycles. The van der Waals surface area contributed by atoms with Crippen LogP contribution < -0.4 is 5.73 Å². The van der Waals surface area contributed by atoms with E-state index in [1.165, 1.54) is 17.4 Å². The van der Waals surface area contributed by atoms with Crippen molar-refractivity contribution in [2.75, 3.05) is 7.05 Å². The molecule has 1 rings (SSSR count). The Bertz CT molecular complexity index is 546. The standard InChI is InChI=1S/C11H15ClN2O2S2/c1-8(7-11(13)17)14(2)18(15,16)10-6-4-3-5-9(10)12/h3-6,8H,7H2,1-2H3,(H2,13,17). The maximum absolute atomic E-state index is 12.3. The molecule has 1 unspecified atom stereocenters. The first-order chi connectivity index (χ1) is 8.26. The van der Waals surface area contributed by atoms with Crippen molar-refractivity contribution in [3.05, 3.63) is 29.3 Å². The highest BCUT2D eigenvalue weighted by molar-refractivity contribution is 7.89. The van der Waals surface area contributed by atoms with Gasteiger partial charge < -0.3 is 5.73 Å². The number of nitrogens with zero attached hydrogens (tertiary/aromatic N) is 1. The summed E-state index contributed by atoms with van der Waals surface area (Å²) in [6, 6.07) is 6.01. The molecule has 100 valence electrons. The number of thiocarbonyl (C=S) groups is 1. The van der Waals surface area contributed by atoms with Crippen LogP contribution in [0.1, 0.15) is 13.3 Å². The maximum atomic E-state index is 12.3. The molecule has 0 aromatic heterocycles. The van der Waals surface area contributed by atoms with Gasteiger partial charge in [0.25, 0.3) is 0 Å². The third kappa shape index (κ3) is 3.41. The molecule has 1 atom stereocenters. The van der Waals surface area contributed by atoms with Gasteiger partial charge in [-0.05, 0) is 19.1 Å². The third-order valence-corrected chi connectivity index (χ3v) is 5.25. The van der Waals surface area contributed by atoms with Crippen LogP contribution in [-0.2, 0) is 10.0 Å². The van der Waals surface area contributed by atoms with Gasteiger partial charge in [0.1, 0.15) is 4.90 Å². The van der Waals surface area contributed by atoms with E-state index in [2.05, 4.69) is 0 Å². The van der Waals surface area contributed by atoms with Crippen molar-refractivity contribution in [2.45, 2.75) is 24.3 Å². The summed E-state index contributed by atoms with van der Waals surface area (Å²) in [5.41, 5.74) is 5.43. The normalized spacial score (nSPS) is 13.6. The van der Waals surface area contributed by atoms with Crippen LogP contribution in [0.25, 0.3) is 0 Å². The summed E-state index contributed by atoms with van der Waals surface area (Å²) in [5, 5.41) is 0.201. The summed E-state index contributed by atoms with van der Waals surface area (Å²) >= 11 is 10.7. The molecule has 2 N–H and O–H groups in total. The van der Waals surface area contributed by atoms with E-state index in [-0.39, 0.29) is 20.9 Å². The Morgan fingerprint density at radius 3 is 2.56 bits per heavy atom. The van der Waals surface area contributed by atoms with E-state index in [0.29, 0.717) is 6.42 Å². The summed E-state index contributed by atoms with van der Waals surface area (Å²) in [6.45, 7) is 1.74. The topological polar surface area (TPSA) is 63.4 Å². The second-order valence-electron chi connectivity index (χ2n) is 3.97. The van der Waals surface area contributed by atoms with E-state index in [4.69, 9.17) is 29.6 Å². The fourth-order valence-corrected chi connectivity index (χ4v) is 3.56. The molecular formula is C11H15ClN2O2S2. The van der Waals surface area contributed by atoms with Gasteiger partial charge in [-0.3, -0.25) is 0 Å². The van der Waals surface area contributed by atoms with Gasteiger partial charge in [-0.1, -0.05) is 36.0 Å². The molecule has 1 aromatic carbocycles. The molecule has 0 bridgehead atoms. The summed E-state index contributed by atoms with van der Waals surface area (Å²) in [7, 11) is -2.14. The van der Waals surface area contributed by atoms with Gasteiger partial charge >= 0.3 is 0 Å². The SMILES string of the molecule is CC(CC(N)=S)N(C)S(=O)(=O)c1ccccc1Cl. The van der Waals surface area contributed by atoms with E-state index in [1.54, 1.807) is 25.1 Å². The van der Waals surface area contributed by atoms with Crippen LogP contribution in [0.5, 0.6) is 0 Å². The second kappa shape index (κ2) is 5.97. The van der Waals surface area contributed by atoms with Crippen molar-refractivity contribution in [3.8, 4) is 0 Å². The molecule has 18 heavy (non-hydrogen) atoms. The van der Waals surface area contributed by atoms with Gasteiger partial charge in [-0.2, -0.15) is 4.31 Å². The zero-order valence-electron chi connectivity index (χ0n) is 10.1. The number of hydrogen-bond donors (Lipinski definition) is 1. The highest BCUT2D eigenvalue weighted by atomic mass is 35.5. The summed E-state index contributed by atoms with van der Waals surface area (Å²) in [5.74, 6) is 0. The lowest BCUT2D eigenvalue weighted by Crippen LogP contribution is -2.37. The highest BCUT2D eigenvalue weighted by Crippen LogP contribution is 2.25. The van der Waals surface area contributed by atoms with Gasteiger partial charge in [0.15, 0.2) is 0 Å². The van der Waals surface area contributed by atoms with Crippen molar-refractivity contribution in [1.29, 1.82) is 0 Å². The Balaban J connectivity index is 3.08. The van der Waals surface area contributed by atoms with Crippen molar-refractivity contribution in [2.24, 2.45) is 5.73 Å². The zero-order valence-corrected chi connectivity index (χ0v) is 12.5. The Labute approximate surface area is 118 Å². The Kier molecular flexibility index (Phi) is 5.10. The van der Waals surface area contributed by atoms with E-state index < -0.39 is 10.0 Å². The largest absolute Gasteiger partial charge is 0.393 e. The van der Waals surface area contributed by atoms with E-state index in [9.17, 15) is 8.42 Å². The number of halogens is 1. The molecule has 1 aromatic rings. The molecule has 7 heteroatoms. The first kappa shape index (κ1) is 15.4. The van der Waals surface area contributed by atoms with Gasteiger partial charge in [0.2, 0.25) is 10.0 Å². The monoisotopic (exact) mass is 306 g/mol. The Morgan fingerprint density at radius 2 is 2.06 bits per heavy atom. The second-order valence-corrected chi connectivity index (χ2v) is 6.87. The van der Waals surface area contributed by atoms with Gasteiger partial charge in [-0.15, -0.1) is 0 Å². The molecular weight excluding hydrogens is 292 g/mol. The number of sulfonamides is 1. The first-order valence-electron chi connectivity index (χ1n) is 5.27. The molecule has 0 amide bonds. The lowest BCUT2D eigenvalue weighted by molar-refractivity contribution is 0.397. The number of rotatable bonds is 5. The Morgan fingerprint density at radius 1 is 1.50 bits per heavy atom. The van der Waals surface area contributed by atoms with E-state index >= 15 is 0 Å². The van der Waals surface area contributed by atoms with Crippen molar-refractivity contribution in [1.82, 2.24) is 4.31 Å². The average Bonchev–Trinajstić information content (AvgIpc) is 2.27. The fourth-order valence-electron chi connectivity index (χ4n) is 1.47. The predicted molar refractivity (Wildman–Crippen MR) is 77.3 cm³/mol. The van der Waals surface area contributed by atoms with Gasteiger partial charge in [-0.25, -0.2) is 8.42 Å². The van der Waals surface area contributed by atoms with Crippen molar-refractivity contribution in [3.63, 3.8) is 0 Å². The summed E-state index contributed by atoms with van der Waals surface area (Å²) < 4.78 is 25.9. The lowest BCUT2D eigenvalue weighted by atomic mass is 10.2. The molecule has 0 aliphatic heterocycles. The number of nitrogens with two attached hydrogens (primary N) is 1. The minimum absolute atomic E-state index is 0.0870. The minimum atomic E-state index is -3.63. The Hall–Kier alpha value is -0.690. The average molecular weight is 307 g/mol. The molecule has 0 saturated heterocycles. The fraction of sp³-hybridized carbons (Fsp3) is 0.364. The van der Waals surface area contributed by atoms with Crippen molar-refractivity contribution < 1.29 is 8.42 Å². The summed E-state index contributed by atoms with van der Waals surface area (Å²) in [6.07, 6.45) is 0.329. The van der Waals surface area contributed by atoms with Crippen molar-refractivity contribution >= 4 is 38.8 Å². The lowest BCUT2D eigenvalue weighted by Gasteiger charge is -2.24. The first-order valence-corrected chi connectivity index (χ1v) is 7.50. The number of hydrogen-bond acceptors (Lipinski definition) is 3. The van der Waals surface area contributed by atoms with Crippen LogP contribution in [0.2, 0.25) is 5.02 Å². The number of benzene rings is 1. The van der Waals surface area contributed by atoms with Gasteiger partial charge in [0.05, 0.1) is 10.0 Å². The molecule has 0 aliphatic rings. The van der Waals surface area contributed by atoms with Crippen LogP contribution in [0, 0.1) is 0 Å². The molecule has 0 fully saturated rings. The zero-order chi connectivity index (χ0) is 13.9. The van der Waals surface area contributed by atoms with E-state index in [0.717, 1.165) is 0 Å². The predicted octanol–water partition coefficient (Wildman–Crippen LogP) is 2.03. The van der Waals surface area contributed by atoms with Crippen LogP contribution in [0.3, 0.4) is 0 Å². The molecule has 0 heterocycles. The van der Waals surface area contributed by atoms with Gasteiger partial charge in [0, 0.05) is 19.5 Å².